The molecule has 3 rings (SSSR count). The van der Waals surface area contributed by atoms with Crippen LogP contribution in [0.15, 0.2) is 34.9 Å². The van der Waals surface area contributed by atoms with Gasteiger partial charge >= 0.3 is 0 Å². The molecule has 0 saturated carbocycles. The van der Waals surface area contributed by atoms with Gasteiger partial charge in [-0.05, 0) is 56.1 Å². The molecule has 0 fully saturated rings. The minimum Gasteiger partial charge on any atom is -0.290 e. The molecule has 3 aliphatic rings. The number of carbonyl (C=O) groups is 2. The predicted octanol–water partition coefficient (Wildman–Crippen LogP) is 3.15. The van der Waals surface area contributed by atoms with Gasteiger partial charge < -0.3 is 0 Å². The van der Waals surface area contributed by atoms with Gasteiger partial charge in [0.2, 0.25) is 0 Å². The summed E-state index contributed by atoms with van der Waals surface area (Å²) in [5.74, 6) is 0.537. The van der Waals surface area contributed by atoms with Crippen molar-refractivity contribution in [2.24, 2.45) is 11.3 Å². The van der Waals surface area contributed by atoms with Gasteiger partial charge in [0.15, 0.2) is 11.6 Å². The third kappa shape index (κ3) is 1.55. The Hall–Kier alpha value is -1.44. The van der Waals surface area contributed by atoms with Gasteiger partial charge in [0.1, 0.15) is 0 Å². The van der Waals surface area contributed by atoms with Crippen molar-refractivity contribution in [1.82, 2.24) is 0 Å². The van der Waals surface area contributed by atoms with E-state index >= 15 is 0 Å². The van der Waals surface area contributed by atoms with E-state index in [4.69, 9.17) is 0 Å². The second-order valence-corrected chi connectivity index (χ2v) is 6.09. The average molecular weight is 242 g/mol. The smallest absolute Gasteiger partial charge is 0.182 e. The predicted molar refractivity (Wildman–Crippen MR) is 70.0 cm³/mol. The third-order valence-corrected chi connectivity index (χ3v) is 4.91. The van der Waals surface area contributed by atoms with Gasteiger partial charge in [-0.3, -0.25) is 9.59 Å². The zero-order chi connectivity index (χ0) is 12.9. The van der Waals surface area contributed by atoms with E-state index < -0.39 is 0 Å². The van der Waals surface area contributed by atoms with Crippen LogP contribution in [0, 0.1) is 11.3 Å². The molecule has 0 heterocycles. The fourth-order valence-corrected chi connectivity index (χ4v) is 3.79. The van der Waals surface area contributed by atoms with Crippen LogP contribution in [0.2, 0.25) is 0 Å². The van der Waals surface area contributed by atoms with E-state index in [9.17, 15) is 9.59 Å². The molecule has 3 aliphatic carbocycles. The molecular formula is C16H18O2. The first-order valence-electron chi connectivity index (χ1n) is 6.67. The van der Waals surface area contributed by atoms with Crippen LogP contribution in [0.1, 0.15) is 39.5 Å². The number of hydrogen-bond acceptors (Lipinski definition) is 2. The number of hydrogen-bond donors (Lipinski definition) is 0. The minimum atomic E-state index is 0.0463. The molecular weight excluding hydrogens is 224 g/mol. The zero-order valence-electron chi connectivity index (χ0n) is 11.0. The Balaban J connectivity index is 2.06. The molecule has 0 saturated heterocycles. The van der Waals surface area contributed by atoms with Gasteiger partial charge in [-0.15, -0.1) is 0 Å². The van der Waals surface area contributed by atoms with E-state index in [0.717, 1.165) is 36.8 Å². The lowest BCUT2D eigenvalue weighted by molar-refractivity contribution is -0.116. The molecule has 0 bridgehead atoms. The summed E-state index contributed by atoms with van der Waals surface area (Å²) < 4.78 is 0. The lowest BCUT2D eigenvalue weighted by Gasteiger charge is -2.46. The third-order valence-electron chi connectivity index (χ3n) is 4.91. The average Bonchev–Trinajstić information content (AvgIpc) is 2.33. The van der Waals surface area contributed by atoms with Crippen LogP contribution in [0.4, 0.5) is 0 Å². The molecule has 2 heteroatoms. The summed E-state index contributed by atoms with van der Waals surface area (Å²) in [5, 5.41) is 0. The summed E-state index contributed by atoms with van der Waals surface area (Å²) in [7, 11) is 0. The normalized spacial score (nSPS) is 35.2. The highest BCUT2D eigenvalue weighted by Gasteiger charge is 2.44. The molecule has 0 spiro atoms. The van der Waals surface area contributed by atoms with Crippen LogP contribution in [-0.4, -0.2) is 11.6 Å². The summed E-state index contributed by atoms with van der Waals surface area (Å²) in [6.45, 7) is 4.44. The van der Waals surface area contributed by atoms with Crippen LogP contribution < -0.4 is 0 Å². The van der Waals surface area contributed by atoms with Gasteiger partial charge in [-0.25, -0.2) is 0 Å². The van der Waals surface area contributed by atoms with Crippen molar-refractivity contribution in [3.63, 3.8) is 0 Å². The summed E-state index contributed by atoms with van der Waals surface area (Å²) in [6, 6.07) is 0. The topological polar surface area (TPSA) is 34.1 Å². The van der Waals surface area contributed by atoms with E-state index in [1.54, 1.807) is 0 Å². The second-order valence-electron chi connectivity index (χ2n) is 6.09. The van der Waals surface area contributed by atoms with Gasteiger partial charge in [-0.2, -0.15) is 0 Å². The quantitative estimate of drug-likeness (QED) is 0.483. The molecule has 0 amide bonds. The summed E-state index contributed by atoms with van der Waals surface area (Å²) in [5.41, 5.74) is 3.12. The number of fused-ring (bicyclic) bond motifs is 1. The van der Waals surface area contributed by atoms with Crippen LogP contribution in [0.5, 0.6) is 0 Å². The van der Waals surface area contributed by atoms with Crippen molar-refractivity contribution >= 4 is 11.6 Å². The molecule has 94 valence electrons. The number of allylic oxidation sites excluding steroid dienone is 6. The Morgan fingerprint density at radius 1 is 1.17 bits per heavy atom. The molecule has 0 aliphatic heterocycles. The fourth-order valence-electron chi connectivity index (χ4n) is 3.79. The lowest BCUT2D eigenvalue weighted by atomic mass is 9.58. The van der Waals surface area contributed by atoms with Crippen molar-refractivity contribution in [2.45, 2.75) is 39.5 Å². The molecule has 0 aromatic rings. The van der Waals surface area contributed by atoms with Crippen molar-refractivity contribution in [3.05, 3.63) is 34.9 Å². The second kappa shape index (κ2) is 3.78. The Morgan fingerprint density at radius 2 is 1.83 bits per heavy atom. The molecule has 18 heavy (non-hydrogen) atoms. The van der Waals surface area contributed by atoms with Gasteiger partial charge in [0.25, 0.3) is 0 Å². The molecule has 0 N–H and O–H groups in total. The molecule has 0 aromatic heterocycles. The highest BCUT2D eigenvalue weighted by atomic mass is 16.1. The summed E-state index contributed by atoms with van der Waals surface area (Å²) >= 11 is 0. The zero-order valence-corrected chi connectivity index (χ0v) is 11.0. The minimum absolute atomic E-state index is 0.0463. The number of rotatable bonds is 0. The van der Waals surface area contributed by atoms with E-state index in [2.05, 4.69) is 19.9 Å². The van der Waals surface area contributed by atoms with E-state index in [0.29, 0.717) is 5.92 Å². The van der Waals surface area contributed by atoms with E-state index in [1.165, 1.54) is 17.7 Å². The first-order valence-corrected chi connectivity index (χ1v) is 6.67. The first kappa shape index (κ1) is 11.6. The monoisotopic (exact) mass is 242 g/mol. The van der Waals surface area contributed by atoms with Gasteiger partial charge in [0, 0.05) is 11.1 Å². The van der Waals surface area contributed by atoms with Crippen LogP contribution in [0.25, 0.3) is 0 Å². The number of carbonyl (C=O) groups excluding carboxylic acids is 2. The van der Waals surface area contributed by atoms with Crippen LogP contribution in [-0.2, 0) is 9.59 Å². The van der Waals surface area contributed by atoms with Crippen molar-refractivity contribution < 1.29 is 9.59 Å². The summed E-state index contributed by atoms with van der Waals surface area (Å²) in [4.78, 5) is 23.9. The van der Waals surface area contributed by atoms with Crippen LogP contribution >= 0.6 is 0 Å². The maximum absolute atomic E-state index is 12.0. The van der Waals surface area contributed by atoms with Gasteiger partial charge in [-0.1, -0.05) is 18.6 Å². The van der Waals surface area contributed by atoms with Gasteiger partial charge in [0.05, 0.1) is 0 Å². The highest BCUT2D eigenvalue weighted by Crippen LogP contribution is 2.52. The molecule has 0 radical (unpaired) electrons. The SMILES string of the molecule is CC1=CCC[C@@]2(C)CC3=C(CC12)C(=O)C=CC3=O. The molecule has 0 aromatic carbocycles. The molecule has 1 unspecified atom stereocenters. The standard InChI is InChI=1S/C16H18O2/c1-10-4-3-7-16(2)9-12-11(8-13(10)16)14(17)5-6-15(12)18/h4-6,13H,3,7-9H2,1-2H3/t13?,16-/m0/s1. The Morgan fingerprint density at radius 3 is 2.56 bits per heavy atom. The number of ketones is 2. The maximum atomic E-state index is 12.0. The van der Waals surface area contributed by atoms with Crippen molar-refractivity contribution in [2.75, 3.05) is 0 Å². The van der Waals surface area contributed by atoms with Crippen molar-refractivity contribution in [1.29, 1.82) is 0 Å². The molecule has 2 atom stereocenters. The van der Waals surface area contributed by atoms with E-state index in [-0.39, 0.29) is 17.0 Å². The van der Waals surface area contributed by atoms with E-state index in [1.807, 2.05) is 0 Å². The Bertz CT molecular complexity index is 533. The lowest BCUT2D eigenvalue weighted by Crippen LogP contribution is -2.38. The Kier molecular flexibility index (Phi) is 2.44. The first-order chi connectivity index (χ1) is 8.51. The fraction of sp³-hybridized carbons (Fsp3) is 0.500. The highest BCUT2D eigenvalue weighted by molar-refractivity contribution is 6.20. The largest absolute Gasteiger partial charge is 0.290 e. The van der Waals surface area contributed by atoms with Crippen molar-refractivity contribution in [3.8, 4) is 0 Å². The molecule has 2 nitrogen and oxygen atoms in total. The summed E-state index contributed by atoms with van der Waals surface area (Å²) in [6.07, 6.45) is 8.91. The van der Waals surface area contributed by atoms with Crippen LogP contribution in [0.3, 0.4) is 0 Å². The Labute approximate surface area is 107 Å². The maximum Gasteiger partial charge on any atom is 0.182 e.